The van der Waals surface area contributed by atoms with Crippen LogP contribution < -0.4 is 15.0 Å². The topological polar surface area (TPSA) is 40.6 Å². The number of nitrogens with one attached hydrogen (secondary N) is 1. The Morgan fingerprint density at radius 3 is 2.67 bits per heavy atom. The third-order valence-electron chi connectivity index (χ3n) is 5.33. The van der Waals surface area contributed by atoms with Gasteiger partial charge in [0.15, 0.2) is 10.2 Å². The van der Waals surface area contributed by atoms with Crippen LogP contribution >= 0.6 is 23.6 Å². The Bertz CT molecular complexity index is 1040. The lowest BCUT2D eigenvalue weighted by Crippen LogP contribution is -2.50. The van der Waals surface area contributed by atoms with E-state index in [0.29, 0.717) is 0 Å². The summed E-state index contributed by atoms with van der Waals surface area (Å²) in [4.78, 5) is 9.44. The third-order valence-corrected chi connectivity index (χ3v) is 6.59. The Morgan fingerprint density at radius 1 is 1.10 bits per heavy atom. The van der Waals surface area contributed by atoms with Crippen molar-refractivity contribution in [1.82, 2.24) is 9.88 Å². The molecule has 156 valence electrons. The number of rotatable bonds is 4. The van der Waals surface area contributed by atoms with Crippen molar-refractivity contribution in [3.8, 4) is 17.0 Å². The number of aromatic nitrogens is 1. The lowest BCUT2D eigenvalue weighted by molar-refractivity contribution is 0.390. The van der Waals surface area contributed by atoms with Crippen LogP contribution in [0.1, 0.15) is 11.1 Å². The normalized spacial score (nSPS) is 14.0. The summed E-state index contributed by atoms with van der Waals surface area (Å²) in [6, 6.07) is 14.4. The number of piperazine rings is 1. The van der Waals surface area contributed by atoms with Gasteiger partial charge in [-0.05, 0) is 55.4 Å². The van der Waals surface area contributed by atoms with Crippen LogP contribution in [0, 0.1) is 13.8 Å². The summed E-state index contributed by atoms with van der Waals surface area (Å²) in [5, 5.41) is 7.39. The van der Waals surface area contributed by atoms with Gasteiger partial charge in [-0.15, -0.1) is 11.3 Å². The molecule has 0 atom stereocenters. The maximum absolute atomic E-state index is 5.68. The second-order valence-electron chi connectivity index (χ2n) is 7.47. The minimum atomic E-state index is 0.791. The van der Waals surface area contributed by atoms with E-state index >= 15 is 0 Å². The lowest BCUT2D eigenvalue weighted by atomic mass is 10.1. The second kappa shape index (κ2) is 9.02. The summed E-state index contributed by atoms with van der Waals surface area (Å²) >= 11 is 7.36. The van der Waals surface area contributed by atoms with Crippen molar-refractivity contribution in [2.45, 2.75) is 13.8 Å². The van der Waals surface area contributed by atoms with Crippen LogP contribution in [0.15, 0.2) is 47.8 Å². The van der Waals surface area contributed by atoms with Gasteiger partial charge in [-0.3, -0.25) is 0 Å². The van der Waals surface area contributed by atoms with Gasteiger partial charge in [0.1, 0.15) is 5.75 Å². The molecule has 5 nitrogen and oxygen atoms in total. The van der Waals surface area contributed by atoms with E-state index in [9.17, 15) is 0 Å². The molecule has 1 aliphatic rings. The lowest BCUT2D eigenvalue weighted by Gasteiger charge is -2.36. The van der Waals surface area contributed by atoms with Gasteiger partial charge in [0.05, 0.1) is 12.8 Å². The summed E-state index contributed by atoms with van der Waals surface area (Å²) in [7, 11) is 1.69. The van der Waals surface area contributed by atoms with Crippen LogP contribution in [0.4, 0.5) is 10.8 Å². The van der Waals surface area contributed by atoms with Crippen molar-refractivity contribution in [2.24, 2.45) is 0 Å². The first kappa shape index (κ1) is 20.6. The molecule has 0 unspecified atom stereocenters. The minimum absolute atomic E-state index is 0.791. The molecule has 0 radical (unpaired) electrons. The fourth-order valence-electron chi connectivity index (χ4n) is 3.49. The number of aryl methyl sites for hydroxylation is 2. The van der Waals surface area contributed by atoms with Crippen LogP contribution in [0.2, 0.25) is 0 Å². The van der Waals surface area contributed by atoms with Gasteiger partial charge < -0.3 is 19.9 Å². The van der Waals surface area contributed by atoms with E-state index in [2.05, 4.69) is 58.6 Å². The molecule has 0 aliphatic carbocycles. The van der Waals surface area contributed by atoms with E-state index < -0.39 is 0 Å². The fourth-order valence-corrected chi connectivity index (χ4v) is 4.67. The van der Waals surface area contributed by atoms with Gasteiger partial charge in [0.25, 0.3) is 0 Å². The average Bonchev–Trinajstić information content (AvgIpc) is 3.27. The van der Waals surface area contributed by atoms with E-state index in [1.54, 1.807) is 18.4 Å². The van der Waals surface area contributed by atoms with Crippen LogP contribution in [0.25, 0.3) is 11.3 Å². The molecule has 1 aliphatic heterocycles. The van der Waals surface area contributed by atoms with Gasteiger partial charge >= 0.3 is 0 Å². The van der Waals surface area contributed by atoms with Crippen molar-refractivity contribution in [1.29, 1.82) is 0 Å². The highest BCUT2D eigenvalue weighted by atomic mass is 32.1. The predicted octanol–water partition coefficient (Wildman–Crippen LogP) is 4.95. The van der Waals surface area contributed by atoms with E-state index in [-0.39, 0.29) is 0 Å². The van der Waals surface area contributed by atoms with Gasteiger partial charge in [0.2, 0.25) is 0 Å². The van der Waals surface area contributed by atoms with Crippen LogP contribution in [0.5, 0.6) is 5.75 Å². The molecule has 2 heterocycles. The van der Waals surface area contributed by atoms with E-state index in [0.717, 1.165) is 59.1 Å². The molecule has 3 aromatic rings. The number of hydrogen-bond acceptors (Lipinski definition) is 5. The fraction of sp³-hybridized carbons (Fsp3) is 0.304. The molecule has 30 heavy (non-hydrogen) atoms. The number of hydrogen-bond donors (Lipinski definition) is 1. The standard InChI is InChI=1S/C23H26N4OS2/c1-16-7-8-17(2)20(13-16)24-22(29)26-9-11-27(12-10-26)23-25-21(15-30-23)18-5-4-6-19(14-18)28-3/h4-8,13-15H,9-12H2,1-3H3,(H,24,29). The first-order valence-electron chi connectivity index (χ1n) is 10.0. The van der Waals surface area contributed by atoms with Crippen molar-refractivity contribution < 1.29 is 4.74 Å². The van der Waals surface area contributed by atoms with Crippen LogP contribution in [-0.2, 0) is 0 Å². The summed E-state index contributed by atoms with van der Waals surface area (Å²) in [6.07, 6.45) is 0. The molecule has 1 N–H and O–H groups in total. The number of thiazole rings is 1. The van der Waals surface area contributed by atoms with Gasteiger partial charge in [-0.1, -0.05) is 24.3 Å². The SMILES string of the molecule is COc1cccc(-c2csc(N3CCN(C(=S)Nc4cc(C)ccc4C)CC3)n2)c1. The van der Waals surface area contributed by atoms with Crippen LogP contribution in [0.3, 0.4) is 0 Å². The molecule has 0 bridgehead atoms. The molecular weight excluding hydrogens is 412 g/mol. The largest absolute Gasteiger partial charge is 0.497 e. The highest BCUT2D eigenvalue weighted by molar-refractivity contribution is 7.80. The highest BCUT2D eigenvalue weighted by Gasteiger charge is 2.21. The average molecular weight is 439 g/mol. The minimum Gasteiger partial charge on any atom is -0.497 e. The van der Waals surface area contributed by atoms with Gasteiger partial charge in [-0.25, -0.2) is 4.98 Å². The zero-order valence-electron chi connectivity index (χ0n) is 17.5. The monoisotopic (exact) mass is 438 g/mol. The first-order valence-corrected chi connectivity index (χ1v) is 11.3. The van der Waals surface area contributed by atoms with Crippen molar-refractivity contribution >= 4 is 39.5 Å². The van der Waals surface area contributed by atoms with Crippen molar-refractivity contribution in [2.75, 3.05) is 43.5 Å². The Morgan fingerprint density at radius 2 is 1.90 bits per heavy atom. The summed E-state index contributed by atoms with van der Waals surface area (Å²) in [6.45, 7) is 7.76. The zero-order valence-corrected chi connectivity index (χ0v) is 19.1. The molecule has 2 aromatic carbocycles. The molecular formula is C23H26N4OS2. The molecule has 0 amide bonds. The van der Waals surface area contributed by atoms with Crippen LogP contribution in [-0.4, -0.2) is 48.3 Å². The summed E-state index contributed by atoms with van der Waals surface area (Å²) < 4.78 is 5.33. The predicted molar refractivity (Wildman–Crippen MR) is 130 cm³/mol. The molecule has 1 aromatic heterocycles. The Hall–Kier alpha value is -2.64. The highest BCUT2D eigenvalue weighted by Crippen LogP contribution is 2.30. The number of benzene rings is 2. The smallest absolute Gasteiger partial charge is 0.185 e. The molecule has 1 fully saturated rings. The zero-order chi connectivity index (χ0) is 21.1. The number of ether oxygens (including phenoxy) is 1. The maximum atomic E-state index is 5.68. The molecule has 4 rings (SSSR count). The Kier molecular flexibility index (Phi) is 6.20. The van der Waals surface area contributed by atoms with Gasteiger partial charge in [0, 0.05) is 42.8 Å². The van der Waals surface area contributed by atoms with E-state index in [1.165, 1.54) is 11.1 Å². The molecule has 0 saturated carbocycles. The Labute approximate surface area is 187 Å². The summed E-state index contributed by atoms with van der Waals surface area (Å²) in [5.41, 5.74) is 5.59. The second-order valence-corrected chi connectivity index (χ2v) is 8.69. The van der Waals surface area contributed by atoms with E-state index in [4.69, 9.17) is 21.9 Å². The molecule has 1 saturated heterocycles. The molecule has 7 heteroatoms. The van der Waals surface area contributed by atoms with Crippen molar-refractivity contribution in [3.63, 3.8) is 0 Å². The number of anilines is 2. The number of thiocarbonyl (C=S) groups is 1. The number of methoxy groups -OCH3 is 1. The van der Waals surface area contributed by atoms with Gasteiger partial charge in [-0.2, -0.15) is 0 Å². The van der Waals surface area contributed by atoms with E-state index in [1.807, 2.05) is 18.2 Å². The summed E-state index contributed by atoms with van der Waals surface area (Å²) in [5.74, 6) is 0.848. The maximum Gasteiger partial charge on any atom is 0.185 e. The first-order chi connectivity index (χ1) is 14.5. The van der Waals surface area contributed by atoms with Crippen molar-refractivity contribution in [3.05, 3.63) is 59.0 Å². The Balaban J connectivity index is 1.37. The third kappa shape index (κ3) is 4.57. The molecule has 0 spiro atoms. The number of nitrogens with zero attached hydrogens (tertiary/aromatic N) is 3. The quantitative estimate of drug-likeness (QED) is 0.581.